The van der Waals surface area contributed by atoms with E-state index in [4.69, 9.17) is 20.7 Å². The molecule has 0 amide bonds. The molecule has 0 aromatic carbocycles. The number of nitrogens with zero attached hydrogens (tertiary/aromatic N) is 2. The third-order valence-electron chi connectivity index (χ3n) is 3.14. The van der Waals surface area contributed by atoms with Gasteiger partial charge in [0.1, 0.15) is 18.1 Å². The van der Waals surface area contributed by atoms with Crippen LogP contribution in [0.2, 0.25) is 0 Å². The van der Waals surface area contributed by atoms with E-state index < -0.39 is 24.1 Å². The monoisotopic (exact) mass is 295 g/mol. The van der Waals surface area contributed by atoms with E-state index in [1.165, 1.54) is 10.8 Å². The average molecular weight is 295 g/mol. The first-order chi connectivity index (χ1) is 10.1. The van der Waals surface area contributed by atoms with Gasteiger partial charge in [0.2, 0.25) is 0 Å². The second kappa shape index (κ2) is 6.69. The Bertz CT molecular complexity index is 618. The molecule has 1 aromatic heterocycles. The number of rotatable bonds is 3. The van der Waals surface area contributed by atoms with Crippen LogP contribution >= 0.6 is 0 Å². The molecule has 0 radical (unpaired) electrons. The number of nitrogens with two attached hydrogens (primary N) is 1. The fourth-order valence-electron chi connectivity index (χ4n) is 2.05. The Morgan fingerprint density at radius 1 is 1.52 bits per heavy atom. The van der Waals surface area contributed by atoms with Crippen molar-refractivity contribution in [1.82, 2.24) is 9.55 Å². The van der Waals surface area contributed by atoms with Crippen LogP contribution in [0.15, 0.2) is 11.0 Å². The minimum atomic E-state index is -0.853. The van der Waals surface area contributed by atoms with E-state index in [2.05, 4.69) is 16.8 Å². The summed E-state index contributed by atoms with van der Waals surface area (Å²) >= 11 is 0. The topological polar surface area (TPSA) is 131 Å². The molecule has 2 heterocycles. The predicted octanol–water partition coefficient (Wildman–Crippen LogP) is -1.80. The first-order valence-corrected chi connectivity index (χ1v) is 6.49. The molecule has 1 saturated heterocycles. The first-order valence-electron chi connectivity index (χ1n) is 6.49. The van der Waals surface area contributed by atoms with Gasteiger partial charge in [-0.05, 0) is 0 Å². The second-order valence-electron chi connectivity index (χ2n) is 4.62. The van der Waals surface area contributed by atoms with E-state index in [0.29, 0.717) is 5.56 Å². The molecule has 8 nitrogen and oxygen atoms in total. The van der Waals surface area contributed by atoms with Gasteiger partial charge in [-0.15, -0.1) is 0 Å². The summed E-state index contributed by atoms with van der Waals surface area (Å²) < 4.78 is 6.60. The molecular formula is C13H17N3O5. The van der Waals surface area contributed by atoms with Crippen molar-refractivity contribution in [3.8, 4) is 11.8 Å². The van der Waals surface area contributed by atoms with Crippen LogP contribution in [0, 0.1) is 11.8 Å². The number of ether oxygens (including phenoxy) is 1. The lowest BCUT2D eigenvalue weighted by molar-refractivity contribution is -0.0458. The van der Waals surface area contributed by atoms with Crippen LogP contribution in [0.3, 0.4) is 0 Å². The molecule has 1 aliphatic heterocycles. The third kappa shape index (κ3) is 3.40. The maximum Gasteiger partial charge on any atom is 0.351 e. The highest BCUT2D eigenvalue weighted by molar-refractivity contribution is 5.48. The zero-order chi connectivity index (χ0) is 15.4. The van der Waals surface area contributed by atoms with Crippen molar-refractivity contribution in [1.29, 1.82) is 0 Å². The van der Waals surface area contributed by atoms with Gasteiger partial charge in [0, 0.05) is 19.0 Å². The van der Waals surface area contributed by atoms with Crippen LogP contribution < -0.4 is 11.4 Å². The van der Waals surface area contributed by atoms with E-state index in [-0.39, 0.29) is 31.9 Å². The standard InChI is InChI=1S/C13H17N3O5/c14-12-8(3-1-2-4-17)6-16(13(20)15-12)11-5-9(19)10(7-18)21-11/h6,9-11,17-19H,2,4-5,7H2,(H2,14,15,20). The fraction of sp³-hybridized carbons (Fsp3) is 0.538. The Hall–Kier alpha value is -1.92. The molecule has 0 saturated carbocycles. The van der Waals surface area contributed by atoms with Gasteiger partial charge in [0.15, 0.2) is 0 Å². The summed E-state index contributed by atoms with van der Waals surface area (Å²) in [4.78, 5) is 15.5. The van der Waals surface area contributed by atoms with Crippen molar-refractivity contribution in [2.75, 3.05) is 18.9 Å². The molecule has 8 heteroatoms. The highest BCUT2D eigenvalue weighted by atomic mass is 16.5. The number of aromatic nitrogens is 2. The lowest BCUT2D eigenvalue weighted by atomic mass is 10.2. The molecule has 3 unspecified atom stereocenters. The fourth-order valence-corrected chi connectivity index (χ4v) is 2.05. The Kier molecular flexibility index (Phi) is 4.93. The summed E-state index contributed by atoms with van der Waals surface area (Å²) in [6.07, 6.45) is -0.455. The largest absolute Gasteiger partial charge is 0.395 e. The van der Waals surface area contributed by atoms with Crippen LogP contribution in [0.5, 0.6) is 0 Å². The summed E-state index contributed by atoms with van der Waals surface area (Å²) in [7, 11) is 0. The first kappa shape index (κ1) is 15.5. The van der Waals surface area contributed by atoms with Gasteiger partial charge in [0.25, 0.3) is 0 Å². The zero-order valence-electron chi connectivity index (χ0n) is 11.3. The molecule has 2 rings (SSSR count). The smallest absolute Gasteiger partial charge is 0.351 e. The van der Waals surface area contributed by atoms with Crippen LogP contribution in [0.25, 0.3) is 0 Å². The number of aliphatic hydroxyl groups is 3. The SMILES string of the molecule is Nc1nc(=O)n(C2CC(O)C(CO)O2)cc1C#CCCO. The molecule has 114 valence electrons. The van der Waals surface area contributed by atoms with Gasteiger partial charge >= 0.3 is 5.69 Å². The summed E-state index contributed by atoms with van der Waals surface area (Å²) in [5, 5.41) is 27.5. The van der Waals surface area contributed by atoms with E-state index in [9.17, 15) is 9.90 Å². The molecule has 3 atom stereocenters. The van der Waals surface area contributed by atoms with Gasteiger partial charge in [-0.2, -0.15) is 4.98 Å². The number of aliphatic hydroxyl groups excluding tert-OH is 3. The Balaban J connectivity index is 2.31. The quantitative estimate of drug-likeness (QED) is 0.484. The molecule has 5 N–H and O–H groups in total. The van der Waals surface area contributed by atoms with Crippen LogP contribution in [0.1, 0.15) is 24.6 Å². The van der Waals surface area contributed by atoms with Crippen LogP contribution in [-0.4, -0.2) is 50.3 Å². The molecule has 0 aliphatic carbocycles. The predicted molar refractivity (Wildman–Crippen MR) is 73.1 cm³/mol. The Labute approximate surface area is 120 Å². The lowest BCUT2D eigenvalue weighted by Gasteiger charge is -2.14. The summed E-state index contributed by atoms with van der Waals surface area (Å²) in [6, 6.07) is 0. The van der Waals surface area contributed by atoms with E-state index >= 15 is 0 Å². The number of anilines is 1. The van der Waals surface area contributed by atoms with E-state index in [0.717, 1.165) is 0 Å². The lowest BCUT2D eigenvalue weighted by Crippen LogP contribution is -2.28. The van der Waals surface area contributed by atoms with E-state index in [1.54, 1.807) is 0 Å². The zero-order valence-corrected chi connectivity index (χ0v) is 11.3. The Morgan fingerprint density at radius 2 is 2.29 bits per heavy atom. The average Bonchev–Trinajstić information content (AvgIpc) is 2.82. The van der Waals surface area contributed by atoms with Gasteiger partial charge in [-0.3, -0.25) is 4.57 Å². The Morgan fingerprint density at radius 3 is 2.90 bits per heavy atom. The molecule has 1 fully saturated rings. The number of nitrogen functional groups attached to an aromatic ring is 1. The van der Waals surface area contributed by atoms with Crippen molar-refractivity contribution in [3.05, 3.63) is 22.2 Å². The molecule has 1 aliphatic rings. The van der Waals surface area contributed by atoms with E-state index in [1.807, 2.05) is 0 Å². The van der Waals surface area contributed by atoms with Gasteiger partial charge in [0.05, 0.1) is 24.9 Å². The molecular weight excluding hydrogens is 278 g/mol. The van der Waals surface area contributed by atoms with Crippen molar-refractivity contribution >= 4 is 5.82 Å². The minimum Gasteiger partial charge on any atom is -0.395 e. The van der Waals surface area contributed by atoms with Gasteiger partial charge < -0.3 is 25.8 Å². The van der Waals surface area contributed by atoms with Crippen molar-refractivity contribution < 1.29 is 20.1 Å². The van der Waals surface area contributed by atoms with Crippen molar-refractivity contribution in [2.45, 2.75) is 31.3 Å². The van der Waals surface area contributed by atoms with Crippen molar-refractivity contribution in [2.24, 2.45) is 0 Å². The van der Waals surface area contributed by atoms with Gasteiger partial charge in [-0.25, -0.2) is 4.79 Å². The van der Waals surface area contributed by atoms with Gasteiger partial charge in [-0.1, -0.05) is 11.8 Å². The number of hydrogen-bond donors (Lipinski definition) is 4. The maximum atomic E-state index is 11.9. The molecule has 0 bridgehead atoms. The number of hydrogen-bond acceptors (Lipinski definition) is 7. The second-order valence-corrected chi connectivity index (χ2v) is 4.62. The summed E-state index contributed by atoms with van der Waals surface area (Å²) in [5.41, 5.74) is 5.36. The summed E-state index contributed by atoms with van der Waals surface area (Å²) in [5.74, 6) is 5.41. The normalized spacial score (nSPS) is 24.6. The molecule has 21 heavy (non-hydrogen) atoms. The molecule has 1 aromatic rings. The van der Waals surface area contributed by atoms with Crippen LogP contribution in [-0.2, 0) is 4.74 Å². The highest BCUT2D eigenvalue weighted by Gasteiger charge is 2.35. The minimum absolute atomic E-state index is 0.000978. The summed E-state index contributed by atoms with van der Waals surface area (Å²) in [6.45, 7) is -0.409. The van der Waals surface area contributed by atoms with Crippen LogP contribution in [0.4, 0.5) is 5.82 Å². The molecule has 0 spiro atoms. The maximum absolute atomic E-state index is 11.9. The highest BCUT2D eigenvalue weighted by Crippen LogP contribution is 2.27. The third-order valence-corrected chi connectivity index (χ3v) is 3.14. The van der Waals surface area contributed by atoms with Crippen molar-refractivity contribution in [3.63, 3.8) is 0 Å².